The van der Waals surface area contributed by atoms with E-state index in [1.165, 1.54) is 32.7 Å². The quantitative estimate of drug-likeness (QED) is 0.308. The summed E-state index contributed by atoms with van der Waals surface area (Å²) >= 11 is 0. The van der Waals surface area contributed by atoms with Gasteiger partial charge < -0.3 is 14.6 Å². The molecule has 0 spiro atoms. The topological polar surface area (TPSA) is 175 Å². The van der Waals surface area contributed by atoms with Crippen molar-refractivity contribution in [2.75, 3.05) is 19.5 Å². The summed E-state index contributed by atoms with van der Waals surface area (Å²) in [7, 11) is -1.38. The van der Waals surface area contributed by atoms with Crippen molar-refractivity contribution in [2.24, 2.45) is 0 Å². The van der Waals surface area contributed by atoms with Crippen LogP contribution in [0.4, 0.5) is 16.2 Å². The van der Waals surface area contributed by atoms with Crippen LogP contribution in [0.3, 0.4) is 0 Å². The first-order valence-corrected chi connectivity index (χ1v) is 10.7. The van der Waals surface area contributed by atoms with E-state index in [-0.39, 0.29) is 17.9 Å². The number of nitrogens with one attached hydrogen (secondary N) is 2. The maximum Gasteiger partial charge on any atom is 0.409 e. The molecule has 0 aliphatic carbocycles. The van der Waals surface area contributed by atoms with E-state index in [2.05, 4.69) is 15.1 Å². The number of non-ortho nitro benzene ring substituents is 1. The van der Waals surface area contributed by atoms with Crippen LogP contribution in [0.25, 0.3) is 5.69 Å². The lowest BCUT2D eigenvalue weighted by molar-refractivity contribution is -0.385. The molecule has 3 aromatic rings. The van der Waals surface area contributed by atoms with Crippen molar-refractivity contribution < 1.29 is 32.7 Å². The Kier molecular flexibility index (Phi) is 6.79. The van der Waals surface area contributed by atoms with Crippen LogP contribution in [0.2, 0.25) is 0 Å². The minimum Gasteiger partial charge on any atom is -0.497 e. The number of nitro groups is 1. The first-order chi connectivity index (χ1) is 15.6. The SMILES string of the molecule is COc1ccc(CNS(=O)(=O)c2cc([N+](=O)[O-])ccc2-n2cc(NC(=O)O)cn2)c(OC)c1. The Labute approximate surface area is 187 Å². The molecule has 13 nitrogen and oxygen atoms in total. The Morgan fingerprint density at radius 3 is 2.61 bits per heavy atom. The van der Waals surface area contributed by atoms with E-state index in [0.29, 0.717) is 17.1 Å². The van der Waals surface area contributed by atoms with Crippen molar-refractivity contribution in [3.05, 3.63) is 64.5 Å². The molecular weight excluding hydrogens is 458 g/mol. The highest BCUT2D eigenvalue weighted by Gasteiger charge is 2.24. The van der Waals surface area contributed by atoms with Gasteiger partial charge in [-0.25, -0.2) is 22.6 Å². The summed E-state index contributed by atoms with van der Waals surface area (Å²) in [6, 6.07) is 8.06. The number of amides is 1. The molecule has 0 saturated carbocycles. The summed E-state index contributed by atoms with van der Waals surface area (Å²) in [4.78, 5) is 20.9. The zero-order chi connectivity index (χ0) is 24.2. The molecule has 2 aromatic carbocycles. The Morgan fingerprint density at radius 2 is 1.97 bits per heavy atom. The van der Waals surface area contributed by atoms with Crippen LogP contribution in [0, 0.1) is 10.1 Å². The predicted octanol–water partition coefficient (Wildman–Crippen LogP) is 2.37. The van der Waals surface area contributed by atoms with Gasteiger partial charge in [-0.2, -0.15) is 5.10 Å². The smallest absolute Gasteiger partial charge is 0.409 e. The summed E-state index contributed by atoms with van der Waals surface area (Å²) in [6.45, 7) is -0.178. The number of hydrogen-bond donors (Lipinski definition) is 3. The van der Waals surface area contributed by atoms with Gasteiger partial charge in [-0.3, -0.25) is 15.4 Å². The third-order valence-corrected chi connectivity index (χ3v) is 5.90. The van der Waals surface area contributed by atoms with Gasteiger partial charge in [0.2, 0.25) is 10.0 Å². The molecule has 1 amide bonds. The first-order valence-electron chi connectivity index (χ1n) is 9.18. The van der Waals surface area contributed by atoms with Gasteiger partial charge >= 0.3 is 6.09 Å². The molecule has 0 unspecified atom stereocenters. The number of rotatable bonds is 9. The van der Waals surface area contributed by atoms with Crippen molar-refractivity contribution >= 4 is 27.5 Å². The number of hydrogen-bond acceptors (Lipinski definition) is 8. The molecular formula is C19H19N5O8S. The standard InChI is InChI=1S/C19H19N5O8S/c1-31-15-5-3-12(17(8-15)32-2)9-21-33(29,30)18-7-14(24(27)28)4-6-16(18)23-11-13(10-20-23)22-19(25)26/h3-8,10-11,21-22H,9H2,1-2H3,(H,25,26). The average molecular weight is 477 g/mol. The lowest BCUT2D eigenvalue weighted by Gasteiger charge is -2.14. The van der Waals surface area contributed by atoms with Gasteiger partial charge in [-0.05, 0) is 12.1 Å². The van der Waals surface area contributed by atoms with Gasteiger partial charge in [-0.1, -0.05) is 6.07 Å². The number of nitro benzene ring substituents is 1. The number of ether oxygens (including phenoxy) is 2. The third-order valence-electron chi connectivity index (χ3n) is 4.47. The van der Waals surface area contributed by atoms with Gasteiger partial charge in [0.25, 0.3) is 5.69 Å². The Balaban J connectivity index is 1.99. The maximum atomic E-state index is 13.1. The molecule has 0 fully saturated rings. The number of carbonyl (C=O) groups is 1. The number of aromatic nitrogens is 2. The highest BCUT2D eigenvalue weighted by molar-refractivity contribution is 7.89. The second kappa shape index (κ2) is 9.54. The molecule has 1 heterocycles. The fourth-order valence-electron chi connectivity index (χ4n) is 2.91. The zero-order valence-electron chi connectivity index (χ0n) is 17.4. The minimum absolute atomic E-state index is 0.0202. The van der Waals surface area contributed by atoms with Crippen molar-refractivity contribution in [2.45, 2.75) is 11.4 Å². The molecule has 0 saturated heterocycles. The van der Waals surface area contributed by atoms with Crippen LogP contribution in [0.1, 0.15) is 5.56 Å². The van der Waals surface area contributed by atoms with E-state index in [9.17, 15) is 23.3 Å². The van der Waals surface area contributed by atoms with Crippen molar-refractivity contribution in [3.63, 3.8) is 0 Å². The second-order valence-electron chi connectivity index (χ2n) is 6.52. The molecule has 0 aliphatic rings. The van der Waals surface area contributed by atoms with Crippen LogP contribution in [0.5, 0.6) is 11.5 Å². The zero-order valence-corrected chi connectivity index (χ0v) is 18.2. The van der Waals surface area contributed by atoms with E-state index < -0.39 is 31.6 Å². The normalized spacial score (nSPS) is 11.1. The summed E-state index contributed by atoms with van der Waals surface area (Å²) < 4.78 is 40.1. The van der Waals surface area contributed by atoms with Crippen molar-refractivity contribution in [1.82, 2.24) is 14.5 Å². The molecule has 3 N–H and O–H groups in total. The Bertz CT molecular complexity index is 1310. The Hall–Kier alpha value is -4.17. The van der Waals surface area contributed by atoms with Crippen molar-refractivity contribution in [3.8, 4) is 17.2 Å². The van der Waals surface area contributed by atoms with Gasteiger partial charge in [-0.15, -0.1) is 0 Å². The van der Waals surface area contributed by atoms with Crippen LogP contribution < -0.4 is 19.5 Å². The molecule has 0 radical (unpaired) electrons. The lowest BCUT2D eigenvalue weighted by Crippen LogP contribution is -2.25. The molecule has 14 heteroatoms. The van der Waals surface area contributed by atoms with Crippen LogP contribution in [-0.4, -0.2) is 48.5 Å². The predicted molar refractivity (Wildman–Crippen MR) is 115 cm³/mol. The van der Waals surface area contributed by atoms with E-state index in [1.54, 1.807) is 18.2 Å². The van der Waals surface area contributed by atoms with Crippen molar-refractivity contribution in [1.29, 1.82) is 0 Å². The number of sulfonamides is 1. The molecule has 0 atom stereocenters. The van der Waals surface area contributed by atoms with Gasteiger partial charge in [0.1, 0.15) is 16.4 Å². The second-order valence-corrected chi connectivity index (χ2v) is 8.25. The van der Waals surface area contributed by atoms with E-state index in [4.69, 9.17) is 14.6 Å². The summed E-state index contributed by atoms with van der Waals surface area (Å²) in [5, 5.41) is 26.1. The minimum atomic E-state index is -4.29. The number of carboxylic acid groups (broad SMARTS) is 1. The highest BCUT2D eigenvalue weighted by Crippen LogP contribution is 2.28. The third kappa shape index (κ3) is 5.36. The van der Waals surface area contributed by atoms with Crippen LogP contribution in [-0.2, 0) is 16.6 Å². The van der Waals surface area contributed by atoms with E-state index in [0.717, 1.165) is 16.8 Å². The molecule has 1 aromatic heterocycles. The number of benzene rings is 2. The molecule has 3 rings (SSSR count). The fraction of sp³-hybridized carbons (Fsp3) is 0.158. The average Bonchev–Trinajstić information content (AvgIpc) is 3.24. The van der Waals surface area contributed by atoms with E-state index >= 15 is 0 Å². The highest BCUT2D eigenvalue weighted by atomic mass is 32.2. The summed E-state index contributed by atoms with van der Waals surface area (Å²) in [5.41, 5.74) is 0.117. The number of anilines is 1. The fourth-order valence-corrected chi connectivity index (χ4v) is 4.13. The number of nitrogens with zero attached hydrogens (tertiary/aromatic N) is 3. The largest absolute Gasteiger partial charge is 0.497 e. The number of methoxy groups -OCH3 is 2. The van der Waals surface area contributed by atoms with E-state index in [1.807, 2.05) is 0 Å². The summed E-state index contributed by atoms with van der Waals surface area (Å²) in [5.74, 6) is 0.900. The first kappa shape index (κ1) is 23.5. The molecule has 174 valence electrons. The summed E-state index contributed by atoms with van der Waals surface area (Å²) in [6.07, 6.45) is 1.07. The maximum absolute atomic E-state index is 13.1. The van der Waals surface area contributed by atoms with Crippen LogP contribution in [0.15, 0.2) is 53.7 Å². The van der Waals surface area contributed by atoms with Gasteiger partial charge in [0.05, 0.1) is 42.9 Å². The Morgan fingerprint density at radius 1 is 1.21 bits per heavy atom. The lowest BCUT2D eigenvalue weighted by atomic mass is 10.2. The molecule has 33 heavy (non-hydrogen) atoms. The molecule has 0 aliphatic heterocycles. The van der Waals surface area contributed by atoms with Crippen LogP contribution >= 0.6 is 0 Å². The van der Waals surface area contributed by atoms with Gasteiger partial charge in [0, 0.05) is 30.3 Å². The monoisotopic (exact) mass is 477 g/mol. The molecule has 0 bridgehead atoms. The van der Waals surface area contributed by atoms with Gasteiger partial charge in [0.15, 0.2) is 0 Å².